The number of carbonyl (C=O) groups is 1. The number of nitrogens with one attached hydrogen (secondary N) is 1. The maximum atomic E-state index is 13.2. The molecule has 1 saturated carbocycles. The first-order chi connectivity index (χ1) is 11.0. The van der Waals surface area contributed by atoms with Crippen LogP contribution in [0.15, 0.2) is 18.7 Å². The van der Waals surface area contributed by atoms with E-state index in [0.717, 1.165) is 5.56 Å². The maximum absolute atomic E-state index is 13.2. The van der Waals surface area contributed by atoms with E-state index in [1.165, 1.54) is 6.33 Å². The van der Waals surface area contributed by atoms with E-state index in [9.17, 15) is 13.6 Å². The van der Waals surface area contributed by atoms with Crippen LogP contribution < -0.4 is 5.32 Å². The van der Waals surface area contributed by atoms with Gasteiger partial charge in [-0.3, -0.25) is 9.36 Å². The van der Waals surface area contributed by atoms with Crippen LogP contribution in [-0.2, 0) is 0 Å². The molecule has 0 saturated heterocycles. The van der Waals surface area contributed by atoms with Crippen molar-refractivity contribution in [1.82, 2.24) is 19.5 Å². The van der Waals surface area contributed by atoms with Crippen molar-refractivity contribution >= 4 is 12.2 Å². The zero-order valence-electron chi connectivity index (χ0n) is 12.7. The van der Waals surface area contributed by atoms with Crippen molar-refractivity contribution in [3.63, 3.8) is 0 Å². The number of aryl methyl sites for hydroxylation is 1. The van der Waals surface area contributed by atoms with Gasteiger partial charge in [-0.2, -0.15) is 4.98 Å². The Kier molecular flexibility index (Phi) is 4.06. The molecule has 0 spiro atoms. The molecule has 1 N–H and O–H groups in total. The van der Waals surface area contributed by atoms with Crippen LogP contribution in [-0.4, -0.2) is 37.8 Å². The molecular formula is C15H17F2N5O. The van der Waals surface area contributed by atoms with Crippen molar-refractivity contribution in [1.29, 1.82) is 0 Å². The van der Waals surface area contributed by atoms with Crippen molar-refractivity contribution in [3.05, 3.63) is 30.0 Å². The van der Waals surface area contributed by atoms with Crippen LogP contribution in [0.25, 0.3) is 5.82 Å². The SMILES string of the molecule is Cc1cnc(NC2CCC(F)(F)CC2)nc1-n1cnc(C=O)c1. The van der Waals surface area contributed by atoms with Crippen LogP contribution in [0.3, 0.4) is 0 Å². The monoisotopic (exact) mass is 321 g/mol. The number of aldehydes is 1. The zero-order chi connectivity index (χ0) is 16.4. The summed E-state index contributed by atoms with van der Waals surface area (Å²) in [6.07, 6.45) is 5.94. The first kappa shape index (κ1) is 15.5. The normalized spacial score (nSPS) is 17.9. The number of halogens is 2. The first-order valence-electron chi connectivity index (χ1n) is 7.44. The zero-order valence-corrected chi connectivity index (χ0v) is 12.7. The van der Waals surface area contributed by atoms with E-state index in [0.29, 0.717) is 36.6 Å². The highest BCUT2D eigenvalue weighted by Crippen LogP contribution is 2.33. The number of imidazole rings is 1. The van der Waals surface area contributed by atoms with Gasteiger partial charge in [-0.05, 0) is 19.8 Å². The molecule has 6 nitrogen and oxygen atoms in total. The van der Waals surface area contributed by atoms with Crippen molar-refractivity contribution < 1.29 is 13.6 Å². The second kappa shape index (κ2) is 6.02. The molecule has 1 aliphatic rings. The fourth-order valence-corrected chi connectivity index (χ4v) is 2.65. The van der Waals surface area contributed by atoms with Gasteiger partial charge >= 0.3 is 0 Å². The quantitative estimate of drug-likeness (QED) is 0.877. The molecule has 1 fully saturated rings. The summed E-state index contributed by atoms with van der Waals surface area (Å²) in [5.41, 5.74) is 1.13. The van der Waals surface area contributed by atoms with E-state index in [4.69, 9.17) is 0 Å². The Morgan fingerprint density at radius 2 is 2.09 bits per heavy atom. The topological polar surface area (TPSA) is 72.7 Å². The largest absolute Gasteiger partial charge is 0.351 e. The molecule has 8 heteroatoms. The van der Waals surface area contributed by atoms with Gasteiger partial charge in [0.1, 0.15) is 17.8 Å². The van der Waals surface area contributed by atoms with Gasteiger partial charge in [0.05, 0.1) is 0 Å². The summed E-state index contributed by atoms with van der Waals surface area (Å²) in [5, 5.41) is 3.12. The molecule has 0 radical (unpaired) electrons. The van der Waals surface area contributed by atoms with Gasteiger partial charge in [0.15, 0.2) is 6.29 Å². The molecular weight excluding hydrogens is 304 g/mol. The predicted octanol–water partition coefficient (Wildman–Crippen LogP) is 2.77. The van der Waals surface area contributed by atoms with Crippen molar-refractivity contribution in [2.24, 2.45) is 0 Å². The second-order valence-electron chi connectivity index (χ2n) is 5.80. The Labute approximate surface area is 132 Å². The van der Waals surface area contributed by atoms with E-state index in [1.807, 2.05) is 6.92 Å². The van der Waals surface area contributed by atoms with E-state index >= 15 is 0 Å². The van der Waals surface area contributed by atoms with Crippen molar-refractivity contribution in [3.8, 4) is 5.82 Å². The summed E-state index contributed by atoms with van der Waals surface area (Å²) in [7, 11) is 0. The number of nitrogens with zero attached hydrogens (tertiary/aromatic N) is 4. The molecule has 122 valence electrons. The molecule has 0 unspecified atom stereocenters. The van der Waals surface area contributed by atoms with E-state index < -0.39 is 5.92 Å². The van der Waals surface area contributed by atoms with Crippen LogP contribution in [0.1, 0.15) is 41.7 Å². The van der Waals surface area contributed by atoms with Gasteiger partial charge in [-0.25, -0.2) is 18.7 Å². The van der Waals surface area contributed by atoms with Crippen LogP contribution in [0.2, 0.25) is 0 Å². The molecule has 1 aliphatic carbocycles. The molecule has 0 atom stereocenters. The van der Waals surface area contributed by atoms with Crippen LogP contribution in [0.5, 0.6) is 0 Å². The number of hydrogen-bond acceptors (Lipinski definition) is 5. The van der Waals surface area contributed by atoms with Gasteiger partial charge in [0.2, 0.25) is 11.9 Å². The summed E-state index contributed by atoms with van der Waals surface area (Å²) in [6.45, 7) is 1.85. The van der Waals surface area contributed by atoms with E-state index in [2.05, 4.69) is 20.3 Å². The van der Waals surface area contributed by atoms with Crippen LogP contribution in [0, 0.1) is 6.92 Å². The Bertz CT molecular complexity index is 706. The minimum atomic E-state index is -2.56. The molecule has 0 bridgehead atoms. The molecule has 2 heterocycles. The summed E-state index contributed by atoms with van der Waals surface area (Å²) in [4.78, 5) is 23.3. The average molecular weight is 321 g/mol. The Morgan fingerprint density at radius 1 is 1.35 bits per heavy atom. The molecule has 2 aromatic heterocycles. The highest BCUT2D eigenvalue weighted by molar-refractivity contribution is 5.71. The van der Waals surface area contributed by atoms with Crippen LogP contribution in [0.4, 0.5) is 14.7 Å². The number of aromatic nitrogens is 4. The van der Waals surface area contributed by atoms with Gasteiger partial charge in [-0.1, -0.05) is 0 Å². The third-order valence-electron chi connectivity index (χ3n) is 3.96. The lowest BCUT2D eigenvalue weighted by molar-refractivity contribution is -0.0361. The smallest absolute Gasteiger partial charge is 0.248 e. The fraction of sp³-hybridized carbons (Fsp3) is 0.467. The summed E-state index contributed by atoms with van der Waals surface area (Å²) >= 11 is 0. The lowest BCUT2D eigenvalue weighted by atomic mass is 9.92. The van der Waals surface area contributed by atoms with Gasteiger partial charge in [0, 0.05) is 36.8 Å². The van der Waals surface area contributed by atoms with Crippen LogP contribution >= 0.6 is 0 Å². The second-order valence-corrected chi connectivity index (χ2v) is 5.80. The predicted molar refractivity (Wildman–Crippen MR) is 80.1 cm³/mol. The summed E-state index contributed by atoms with van der Waals surface area (Å²) < 4.78 is 28.0. The van der Waals surface area contributed by atoms with Gasteiger partial charge < -0.3 is 5.32 Å². The highest BCUT2D eigenvalue weighted by Gasteiger charge is 2.35. The summed E-state index contributed by atoms with van der Waals surface area (Å²) in [6, 6.07) is -0.0569. The van der Waals surface area contributed by atoms with E-state index in [-0.39, 0.29) is 18.9 Å². The number of anilines is 1. The molecule has 0 aromatic carbocycles. The molecule has 0 amide bonds. The molecule has 3 rings (SSSR count). The number of hydrogen-bond donors (Lipinski definition) is 1. The number of alkyl halides is 2. The van der Waals surface area contributed by atoms with E-state index in [1.54, 1.807) is 17.0 Å². The van der Waals surface area contributed by atoms with Gasteiger partial charge in [-0.15, -0.1) is 0 Å². The molecule has 23 heavy (non-hydrogen) atoms. The minimum absolute atomic E-state index is 0.0569. The molecule has 2 aromatic rings. The lowest BCUT2D eigenvalue weighted by Crippen LogP contribution is -2.32. The lowest BCUT2D eigenvalue weighted by Gasteiger charge is -2.28. The molecule has 0 aliphatic heterocycles. The first-order valence-corrected chi connectivity index (χ1v) is 7.44. The summed E-state index contributed by atoms with van der Waals surface area (Å²) in [5.74, 6) is -1.56. The van der Waals surface area contributed by atoms with Crippen molar-refractivity contribution in [2.45, 2.75) is 44.6 Å². The third kappa shape index (κ3) is 3.52. The number of rotatable bonds is 4. The minimum Gasteiger partial charge on any atom is -0.351 e. The highest BCUT2D eigenvalue weighted by atomic mass is 19.3. The Hall–Kier alpha value is -2.38. The Balaban J connectivity index is 1.76. The third-order valence-corrected chi connectivity index (χ3v) is 3.96. The van der Waals surface area contributed by atoms with Gasteiger partial charge in [0.25, 0.3) is 0 Å². The maximum Gasteiger partial charge on any atom is 0.248 e. The fourth-order valence-electron chi connectivity index (χ4n) is 2.65. The van der Waals surface area contributed by atoms with Crippen molar-refractivity contribution in [2.75, 3.05) is 5.32 Å². The number of carbonyl (C=O) groups excluding carboxylic acids is 1. The Morgan fingerprint density at radius 3 is 2.74 bits per heavy atom. The standard InChI is InChI=1S/C15H17F2N5O/c1-10-6-18-14(20-11-2-4-15(16,17)5-3-11)21-13(10)22-7-12(8-23)19-9-22/h6-9,11H,2-5H2,1H3,(H,18,20,21). The average Bonchev–Trinajstić information content (AvgIpc) is 3.00.